The number of carbonyl (C=O) groups excluding carboxylic acids is 1. The van der Waals surface area contributed by atoms with Gasteiger partial charge in [0.15, 0.2) is 11.6 Å². The van der Waals surface area contributed by atoms with Crippen LogP contribution < -0.4 is 0 Å². The molecule has 0 spiro atoms. The van der Waals surface area contributed by atoms with E-state index in [0.717, 1.165) is 25.6 Å². The van der Waals surface area contributed by atoms with Crippen LogP contribution in [0.1, 0.15) is 25.8 Å². The molecule has 0 unspecified atom stereocenters. The summed E-state index contributed by atoms with van der Waals surface area (Å²) in [5.74, 6) is -1.35. The van der Waals surface area contributed by atoms with Crippen molar-refractivity contribution in [2.45, 2.75) is 39.0 Å². The highest BCUT2D eigenvalue weighted by Crippen LogP contribution is 2.26. The van der Waals surface area contributed by atoms with Crippen molar-refractivity contribution < 1.29 is 18.3 Å². The fourth-order valence-electron chi connectivity index (χ4n) is 3.65. The van der Waals surface area contributed by atoms with Crippen LogP contribution >= 0.6 is 0 Å². The van der Waals surface area contributed by atoms with E-state index in [1.54, 1.807) is 6.07 Å². The van der Waals surface area contributed by atoms with Crippen LogP contribution in [-0.2, 0) is 16.1 Å². The summed E-state index contributed by atoms with van der Waals surface area (Å²) in [4.78, 5) is 16.1. The Bertz CT molecular complexity index is 609. The molecule has 2 fully saturated rings. The number of hydrogen-bond donors (Lipinski definition) is 0. The fraction of sp³-hybridized carbons (Fsp3) is 0.611. The van der Waals surface area contributed by atoms with E-state index in [4.69, 9.17) is 4.74 Å². The molecular weight excluding hydrogens is 314 g/mol. The van der Waals surface area contributed by atoms with Crippen LogP contribution in [-0.4, -0.2) is 54.1 Å². The molecule has 2 heterocycles. The van der Waals surface area contributed by atoms with Crippen molar-refractivity contribution in [3.05, 3.63) is 35.4 Å². The van der Waals surface area contributed by atoms with Gasteiger partial charge in [0, 0.05) is 43.7 Å². The number of hydrogen-bond acceptors (Lipinski definition) is 3. The van der Waals surface area contributed by atoms with Gasteiger partial charge in [-0.1, -0.05) is 12.1 Å². The lowest BCUT2D eigenvalue weighted by Crippen LogP contribution is -2.48. The van der Waals surface area contributed by atoms with Crippen molar-refractivity contribution in [1.29, 1.82) is 0 Å². The van der Waals surface area contributed by atoms with E-state index < -0.39 is 11.6 Å². The Morgan fingerprint density at radius 3 is 2.83 bits per heavy atom. The molecule has 2 aliphatic rings. The molecule has 2 atom stereocenters. The molecule has 1 amide bonds. The lowest BCUT2D eigenvalue weighted by molar-refractivity contribution is -0.136. The quantitative estimate of drug-likeness (QED) is 0.849. The summed E-state index contributed by atoms with van der Waals surface area (Å²) in [6, 6.07) is 4.43. The molecule has 0 aliphatic carbocycles. The van der Waals surface area contributed by atoms with Crippen LogP contribution in [0.5, 0.6) is 0 Å². The van der Waals surface area contributed by atoms with Crippen LogP contribution in [0.2, 0.25) is 0 Å². The average molecular weight is 338 g/mol. The molecule has 24 heavy (non-hydrogen) atoms. The molecule has 2 aliphatic heterocycles. The summed E-state index contributed by atoms with van der Waals surface area (Å²) in [5, 5.41) is 0. The number of ether oxygens (including phenoxy) is 1. The van der Waals surface area contributed by atoms with Crippen LogP contribution in [0.25, 0.3) is 0 Å². The minimum atomic E-state index is -0.809. The Balaban J connectivity index is 1.69. The molecule has 3 rings (SSSR count). The first-order valence-electron chi connectivity index (χ1n) is 8.52. The van der Waals surface area contributed by atoms with Gasteiger partial charge in [-0.25, -0.2) is 8.78 Å². The number of likely N-dealkylation sites (tertiary alicyclic amines) is 1. The molecular formula is C18H24F2N2O2. The molecule has 2 saturated heterocycles. The number of carbonyl (C=O) groups is 1. The van der Waals surface area contributed by atoms with E-state index in [1.807, 2.05) is 18.7 Å². The number of halogens is 2. The molecule has 1 aromatic rings. The highest BCUT2D eigenvalue weighted by atomic mass is 19.2. The standard InChI is InChI=1S/C18H24F2N2O2/c1-12(2)22-10-14-9-21(7-6-16(14)24-11-17(22)23)8-13-4-3-5-15(19)18(13)20/h3-5,12,14,16H,6-11H2,1-2H3/t14-,16+/m1/s1. The zero-order valence-electron chi connectivity index (χ0n) is 14.2. The van der Waals surface area contributed by atoms with Gasteiger partial charge in [0.2, 0.25) is 5.91 Å². The third-order valence-electron chi connectivity index (χ3n) is 4.97. The minimum Gasteiger partial charge on any atom is -0.368 e. The first-order valence-corrected chi connectivity index (χ1v) is 8.52. The molecule has 132 valence electrons. The second-order valence-electron chi connectivity index (χ2n) is 6.99. The Morgan fingerprint density at radius 2 is 2.08 bits per heavy atom. The predicted octanol–water partition coefficient (Wildman–Crippen LogP) is 2.42. The summed E-state index contributed by atoms with van der Waals surface area (Å²) in [6.07, 6.45) is 0.868. The molecule has 4 nitrogen and oxygen atoms in total. The molecule has 0 radical (unpaired) electrons. The largest absolute Gasteiger partial charge is 0.368 e. The smallest absolute Gasteiger partial charge is 0.248 e. The topological polar surface area (TPSA) is 32.8 Å². The molecule has 1 aromatic carbocycles. The molecule has 0 N–H and O–H groups in total. The maximum Gasteiger partial charge on any atom is 0.248 e. The number of rotatable bonds is 3. The van der Waals surface area contributed by atoms with Crippen molar-refractivity contribution in [1.82, 2.24) is 9.80 Å². The maximum atomic E-state index is 13.9. The lowest BCUT2D eigenvalue weighted by atomic mass is 9.93. The Kier molecular flexibility index (Phi) is 5.15. The molecule has 0 saturated carbocycles. The lowest BCUT2D eigenvalue weighted by Gasteiger charge is -2.38. The molecule has 6 heteroatoms. The summed E-state index contributed by atoms with van der Waals surface area (Å²) in [5.41, 5.74) is 0.375. The van der Waals surface area contributed by atoms with Gasteiger partial charge in [-0.15, -0.1) is 0 Å². The number of nitrogens with zero attached hydrogens (tertiary/aromatic N) is 2. The second kappa shape index (κ2) is 7.15. The first kappa shape index (κ1) is 17.3. The van der Waals surface area contributed by atoms with Gasteiger partial charge < -0.3 is 9.64 Å². The minimum absolute atomic E-state index is 0.0297. The second-order valence-corrected chi connectivity index (χ2v) is 6.99. The normalized spacial score (nSPS) is 25.7. The van der Waals surface area contributed by atoms with Crippen LogP contribution in [0, 0.1) is 17.6 Å². The highest BCUT2D eigenvalue weighted by molar-refractivity contribution is 5.78. The Morgan fingerprint density at radius 1 is 1.29 bits per heavy atom. The van der Waals surface area contributed by atoms with E-state index in [-0.39, 0.29) is 30.6 Å². The summed E-state index contributed by atoms with van der Waals surface area (Å²) in [6.45, 7) is 6.65. The number of benzene rings is 1. The van der Waals surface area contributed by atoms with E-state index in [2.05, 4.69) is 4.90 Å². The van der Waals surface area contributed by atoms with Crippen molar-refractivity contribution in [2.75, 3.05) is 26.2 Å². The van der Waals surface area contributed by atoms with Crippen LogP contribution in [0.15, 0.2) is 18.2 Å². The Hall–Kier alpha value is -1.53. The average Bonchev–Trinajstić information content (AvgIpc) is 2.71. The fourth-order valence-corrected chi connectivity index (χ4v) is 3.65. The van der Waals surface area contributed by atoms with Crippen molar-refractivity contribution in [2.24, 2.45) is 5.92 Å². The SMILES string of the molecule is CC(C)N1C[C@H]2CN(Cc3cccc(F)c3F)CC[C@@H]2OCC1=O. The summed E-state index contributed by atoms with van der Waals surface area (Å²) < 4.78 is 33.1. The zero-order chi connectivity index (χ0) is 17.3. The third-order valence-corrected chi connectivity index (χ3v) is 4.97. The van der Waals surface area contributed by atoms with Crippen molar-refractivity contribution in [3.63, 3.8) is 0 Å². The van der Waals surface area contributed by atoms with E-state index in [9.17, 15) is 13.6 Å². The number of piperidine rings is 1. The summed E-state index contributed by atoms with van der Waals surface area (Å²) in [7, 11) is 0. The van der Waals surface area contributed by atoms with Gasteiger partial charge in [-0.05, 0) is 26.3 Å². The Labute approximate surface area is 141 Å². The predicted molar refractivity (Wildman–Crippen MR) is 86.3 cm³/mol. The van der Waals surface area contributed by atoms with Crippen LogP contribution in [0.4, 0.5) is 8.78 Å². The van der Waals surface area contributed by atoms with E-state index in [0.29, 0.717) is 18.7 Å². The number of amides is 1. The van der Waals surface area contributed by atoms with E-state index in [1.165, 1.54) is 6.07 Å². The van der Waals surface area contributed by atoms with Gasteiger partial charge in [-0.2, -0.15) is 0 Å². The first-order chi connectivity index (χ1) is 11.5. The van der Waals surface area contributed by atoms with Crippen LogP contribution in [0.3, 0.4) is 0 Å². The maximum absolute atomic E-state index is 13.9. The van der Waals surface area contributed by atoms with E-state index >= 15 is 0 Å². The van der Waals surface area contributed by atoms with Crippen molar-refractivity contribution in [3.8, 4) is 0 Å². The van der Waals surface area contributed by atoms with Gasteiger partial charge in [0.25, 0.3) is 0 Å². The third kappa shape index (κ3) is 3.59. The highest BCUT2D eigenvalue weighted by Gasteiger charge is 2.36. The summed E-state index contributed by atoms with van der Waals surface area (Å²) >= 11 is 0. The number of fused-ring (bicyclic) bond motifs is 1. The van der Waals surface area contributed by atoms with Gasteiger partial charge in [-0.3, -0.25) is 9.69 Å². The van der Waals surface area contributed by atoms with Crippen molar-refractivity contribution >= 4 is 5.91 Å². The molecule has 0 aromatic heterocycles. The molecule has 0 bridgehead atoms. The van der Waals surface area contributed by atoms with Gasteiger partial charge >= 0.3 is 0 Å². The van der Waals surface area contributed by atoms with Gasteiger partial charge in [0.1, 0.15) is 6.61 Å². The monoisotopic (exact) mass is 338 g/mol. The van der Waals surface area contributed by atoms with Gasteiger partial charge in [0.05, 0.1) is 6.10 Å². The zero-order valence-corrected chi connectivity index (χ0v) is 14.2.